The van der Waals surface area contributed by atoms with E-state index >= 15 is 0 Å². The molecule has 0 aliphatic heterocycles. The second-order valence-corrected chi connectivity index (χ2v) is 2.23. The summed E-state index contributed by atoms with van der Waals surface area (Å²) in [6.07, 6.45) is 5.10. The van der Waals surface area contributed by atoms with Crippen LogP contribution in [-0.2, 0) is 9.53 Å². The minimum Gasteiger partial charge on any atom is -0.461 e. The molecular formula is C8H14O3. The van der Waals surface area contributed by atoms with E-state index in [1.54, 1.807) is 13.0 Å². The highest BCUT2D eigenvalue weighted by Gasteiger charge is 1.91. The monoisotopic (exact) mass is 158 g/mol. The van der Waals surface area contributed by atoms with Crippen LogP contribution in [-0.4, -0.2) is 24.3 Å². The van der Waals surface area contributed by atoms with Crippen molar-refractivity contribution in [2.45, 2.75) is 25.9 Å². The van der Waals surface area contributed by atoms with Crippen LogP contribution in [0.2, 0.25) is 0 Å². The van der Waals surface area contributed by atoms with Crippen LogP contribution in [0.4, 0.5) is 0 Å². The fraction of sp³-hybridized carbons (Fsp3) is 0.625. The predicted molar refractivity (Wildman–Crippen MR) is 42.1 cm³/mol. The second kappa shape index (κ2) is 7.28. The number of hydrogen-bond donors (Lipinski definition) is 1. The Balaban J connectivity index is 3.31. The summed E-state index contributed by atoms with van der Waals surface area (Å²) in [4.78, 5) is 9.81. The van der Waals surface area contributed by atoms with Gasteiger partial charge < -0.3 is 9.84 Å². The third kappa shape index (κ3) is 7.06. The molecule has 0 aromatic carbocycles. The van der Waals surface area contributed by atoms with Gasteiger partial charge in [0, 0.05) is 6.61 Å². The molecule has 0 radical (unpaired) electrons. The van der Waals surface area contributed by atoms with Crippen LogP contribution in [0.25, 0.3) is 0 Å². The Morgan fingerprint density at radius 2 is 2.36 bits per heavy atom. The maximum absolute atomic E-state index is 9.81. The molecule has 1 N–H and O–H groups in total. The van der Waals surface area contributed by atoms with Gasteiger partial charge in [-0.25, -0.2) is 0 Å². The molecule has 0 heterocycles. The molecule has 0 aliphatic carbocycles. The molecule has 3 nitrogen and oxygen atoms in total. The van der Waals surface area contributed by atoms with Gasteiger partial charge in [-0.1, -0.05) is 6.08 Å². The summed E-state index contributed by atoms with van der Waals surface area (Å²) in [5.41, 5.74) is 0. The van der Waals surface area contributed by atoms with Crippen molar-refractivity contribution in [3.63, 3.8) is 0 Å². The highest BCUT2D eigenvalue weighted by molar-refractivity contribution is 5.37. The summed E-state index contributed by atoms with van der Waals surface area (Å²) in [7, 11) is 0. The summed E-state index contributed by atoms with van der Waals surface area (Å²) in [5.74, 6) is 0. The van der Waals surface area contributed by atoms with Gasteiger partial charge >= 0.3 is 0 Å². The molecule has 64 valence electrons. The SMILES string of the molecule is CC(C=CCCCO)OC=O. The first-order valence-corrected chi connectivity index (χ1v) is 3.68. The van der Waals surface area contributed by atoms with Crippen molar-refractivity contribution in [3.05, 3.63) is 12.2 Å². The lowest BCUT2D eigenvalue weighted by atomic mass is 10.2. The molecule has 0 rings (SSSR count). The molecule has 0 saturated heterocycles. The number of hydrogen-bond acceptors (Lipinski definition) is 3. The quantitative estimate of drug-likeness (QED) is 0.354. The molecule has 0 aromatic rings. The van der Waals surface area contributed by atoms with Crippen molar-refractivity contribution in [1.82, 2.24) is 0 Å². The van der Waals surface area contributed by atoms with Gasteiger partial charge in [-0.3, -0.25) is 4.79 Å². The van der Waals surface area contributed by atoms with E-state index in [0.29, 0.717) is 6.47 Å². The molecule has 0 aromatic heterocycles. The van der Waals surface area contributed by atoms with Gasteiger partial charge in [0.15, 0.2) is 0 Å². The molecule has 1 atom stereocenters. The third-order valence-electron chi connectivity index (χ3n) is 1.21. The third-order valence-corrected chi connectivity index (χ3v) is 1.21. The lowest BCUT2D eigenvalue weighted by Gasteiger charge is -2.01. The number of unbranched alkanes of at least 4 members (excludes halogenated alkanes) is 1. The van der Waals surface area contributed by atoms with E-state index in [-0.39, 0.29) is 12.7 Å². The largest absolute Gasteiger partial charge is 0.461 e. The molecule has 0 spiro atoms. The predicted octanol–water partition coefficient (Wildman–Crippen LogP) is 0.877. The van der Waals surface area contributed by atoms with E-state index < -0.39 is 0 Å². The zero-order valence-corrected chi connectivity index (χ0v) is 6.69. The first-order chi connectivity index (χ1) is 5.31. The standard InChI is InChI=1S/C8H14O3/c1-8(11-7-10)5-3-2-4-6-9/h3,5,7-9H,2,4,6H2,1H3. The maximum Gasteiger partial charge on any atom is 0.293 e. The van der Waals surface area contributed by atoms with Gasteiger partial charge in [0.05, 0.1) is 0 Å². The van der Waals surface area contributed by atoms with Crippen molar-refractivity contribution in [3.8, 4) is 0 Å². The summed E-state index contributed by atoms with van der Waals surface area (Å²) in [5, 5.41) is 8.41. The van der Waals surface area contributed by atoms with Gasteiger partial charge in [0.2, 0.25) is 0 Å². The Labute approximate surface area is 66.7 Å². The lowest BCUT2D eigenvalue weighted by Crippen LogP contribution is -2.01. The molecule has 0 fully saturated rings. The molecule has 0 aliphatic rings. The number of aliphatic hydroxyl groups is 1. The van der Waals surface area contributed by atoms with Crippen LogP contribution in [0.1, 0.15) is 19.8 Å². The minimum atomic E-state index is -0.161. The fourth-order valence-electron chi connectivity index (χ4n) is 0.630. The van der Waals surface area contributed by atoms with E-state index in [9.17, 15) is 4.79 Å². The molecule has 3 heteroatoms. The first-order valence-electron chi connectivity index (χ1n) is 3.68. The summed E-state index contributed by atoms with van der Waals surface area (Å²) < 4.78 is 4.59. The number of allylic oxidation sites excluding steroid dienone is 1. The molecule has 0 amide bonds. The molecular weight excluding hydrogens is 144 g/mol. The first kappa shape index (κ1) is 10.2. The summed E-state index contributed by atoms with van der Waals surface area (Å²) >= 11 is 0. The lowest BCUT2D eigenvalue weighted by molar-refractivity contribution is -0.130. The molecule has 11 heavy (non-hydrogen) atoms. The normalized spacial score (nSPS) is 13.3. The maximum atomic E-state index is 9.81. The Morgan fingerprint density at radius 1 is 1.64 bits per heavy atom. The zero-order valence-electron chi connectivity index (χ0n) is 6.69. The van der Waals surface area contributed by atoms with E-state index in [4.69, 9.17) is 5.11 Å². The number of ether oxygens (including phenoxy) is 1. The van der Waals surface area contributed by atoms with Crippen molar-refractivity contribution >= 4 is 6.47 Å². The minimum absolute atomic E-state index is 0.161. The molecule has 0 bridgehead atoms. The number of rotatable bonds is 6. The van der Waals surface area contributed by atoms with Gasteiger partial charge in [0.1, 0.15) is 6.10 Å². The van der Waals surface area contributed by atoms with Crippen molar-refractivity contribution in [2.75, 3.05) is 6.61 Å². The van der Waals surface area contributed by atoms with Crippen molar-refractivity contribution in [1.29, 1.82) is 0 Å². The van der Waals surface area contributed by atoms with Crippen molar-refractivity contribution in [2.24, 2.45) is 0 Å². The van der Waals surface area contributed by atoms with Crippen LogP contribution in [0.3, 0.4) is 0 Å². The molecule has 1 unspecified atom stereocenters. The number of carbonyl (C=O) groups excluding carboxylic acids is 1. The van der Waals surface area contributed by atoms with Crippen LogP contribution in [0, 0.1) is 0 Å². The van der Waals surface area contributed by atoms with Crippen molar-refractivity contribution < 1.29 is 14.6 Å². The average Bonchev–Trinajstić information content (AvgIpc) is 1.99. The van der Waals surface area contributed by atoms with Gasteiger partial charge in [-0.2, -0.15) is 0 Å². The Hall–Kier alpha value is -0.830. The van der Waals surface area contributed by atoms with Crippen LogP contribution < -0.4 is 0 Å². The van der Waals surface area contributed by atoms with Crippen LogP contribution >= 0.6 is 0 Å². The van der Waals surface area contributed by atoms with Crippen LogP contribution in [0.5, 0.6) is 0 Å². The van der Waals surface area contributed by atoms with Gasteiger partial charge in [-0.05, 0) is 25.8 Å². The fourth-order valence-corrected chi connectivity index (χ4v) is 0.630. The second-order valence-electron chi connectivity index (χ2n) is 2.23. The van der Waals surface area contributed by atoms with E-state index in [0.717, 1.165) is 12.8 Å². The summed E-state index contributed by atoms with van der Waals surface area (Å²) in [6.45, 7) is 2.41. The highest BCUT2D eigenvalue weighted by Crippen LogP contribution is 1.94. The Morgan fingerprint density at radius 3 is 2.91 bits per heavy atom. The van der Waals surface area contributed by atoms with E-state index in [2.05, 4.69) is 4.74 Å². The number of carbonyl (C=O) groups is 1. The van der Waals surface area contributed by atoms with Gasteiger partial charge in [0.25, 0.3) is 6.47 Å². The van der Waals surface area contributed by atoms with E-state index in [1.807, 2.05) is 6.08 Å². The van der Waals surface area contributed by atoms with E-state index in [1.165, 1.54) is 0 Å². The smallest absolute Gasteiger partial charge is 0.293 e. The Kier molecular flexibility index (Phi) is 6.73. The Bertz CT molecular complexity index is 121. The van der Waals surface area contributed by atoms with Gasteiger partial charge in [-0.15, -0.1) is 0 Å². The summed E-state index contributed by atoms with van der Waals surface area (Å²) in [6, 6.07) is 0. The molecule has 0 saturated carbocycles. The highest BCUT2D eigenvalue weighted by atomic mass is 16.5. The average molecular weight is 158 g/mol. The zero-order chi connectivity index (χ0) is 8.53. The van der Waals surface area contributed by atoms with Crippen LogP contribution in [0.15, 0.2) is 12.2 Å². The topological polar surface area (TPSA) is 46.5 Å². The number of aliphatic hydroxyl groups excluding tert-OH is 1.